The summed E-state index contributed by atoms with van der Waals surface area (Å²) in [6.07, 6.45) is -3.42. The molecular weight excluding hydrogens is 307 g/mol. The van der Waals surface area contributed by atoms with Crippen molar-refractivity contribution in [1.82, 2.24) is 9.80 Å². The first-order chi connectivity index (χ1) is 9.18. The van der Waals surface area contributed by atoms with Crippen LogP contribution < -0.4 is 5.73 Å². The lowest BCUT2D eigenvalue weighted by Gasteiger charge is -2.39. The first-order valence-corrected chi connectivity index (χ1v) is 7.03. The number of amides is 1. The van der Waals surface area contributed by atoms with Crippen molar-refractivity contribution in [3.63, 3.8) is 0 Å². The van der Waals surface area contributed by atoms with Crippen molar-refractivity contribution >= 4 is 18.3 Å². The average Bonchev–Trinajstić information content (AvgIpc) is 2.43. The molecule has 0 spiro atoms. The van der Waals surface area contributed by atoms with Crippen LogP contribution in [0.25, 0.3) is 0 Å². The standard InChI is InChI=1S/C13H24F3N3O.ClH/c1-4-9(2)11(17)12(20)19-7-5-18(6-8-19)10(3)13(14,15)16;/h9-11H,4-8,17H2,1-3H3;1H. The lowest BCUT2D eigenvalue weighted by Crippen LogP contribution is -2.57. The van der Waals surface area contributed by atoms with Crippen molar-refractivity contribution in [2.24, 2.45) is 11.7 Å². The molecule has 0 aromatic rings. The number of rotatable bonds is 4. The van der Waals surface area contributed by atoms with Gasteiger partial charge in [-0.3, -0.25) is 9.69 Å². The van der Waals surface area contributed by atoms with Crippen LogP contribution in [0.4, 0.5) is 13.2 Å². The Balaban J connectivity index is 0.00000400. The van der Waals surface area contributed by atoms with Gasteiger partial charge in [0.25, 0.3) is 0 Å². The van der Waals surface area contributed by atoms with E-state index in [0.29, 0.717) is 13.1 Å². The molecule has 0 bridgehead atoms. The second-order valence-electron chi connectivity index (χ2n) is 5.49. The van der Waals surface area contributed by atoms with E-state index in [4.69, 9.17) is 5.73 Å². The molecule has 0 aromatic carbocycles. The fourth-order valence-electron chi connectivity index (χ4n) is 2.24. The zero-order valence-electron chi connectivity index (χ0n) is 12.7. The van der Waals surface area contributed by atoms with Crippen LogP contribution in [0.3, 0.4) is 0 Å². The Morgan fingerprint density at radius 2 is 1.67 bits per heavy atom. The van der Waals surface area contributed by atoms with Crippen LogP contribution >= 0.6 is 12.4 Å². The summed E-state index contributed by atoms with van der Waals surface area (Å²) in [4.78, 5) is 15.1. The van der Waals surface area contributed by atoms with Gasteiger partial charge in [0.1, 0.15) is 6.04 Å². The molecule has 4 nitrogen and oxygen atoms in total. The van der Waals surface area contributed by atoms with Crippen LogP contribution in [-0.4, -0.2) is 60.1 Å². The van der Waals surface area contributed by atoms with Gasteiger partial charge in [-0.1, -0.05) is 20.3 Å². The summed E-state index contributed by atoms with van der Waals surface area (Å²) < 4.78 is 37.9. The molecule has 0 saturated carbocycles. The van der Waals surface area contributed by atoms with Crippen molar-refractivity contribution in [2.75, 3.05) is 26.2 Å². The minimum atomic E-state index is -4.22. The van der Waals surface area contributed by atoms with Crippen molar-refractivity contribution in [3.05, 3.63) is 0 Å². The van der Waals surface area contributed by atoms with Gasteiger partial charge in [0.05, 0.1) is 6.04 Å². The molecule has 0 aliphatic carbocycles. The second-order valence-corrected chi connectivity index (χ2v) is 5.49. The van der Waals surface area contributed by atoms with Gasteiger partial charge in [-0.15, -0.1) is 12.4 Å². The second kappa shape index (κ2) is 8.19. The molecule has 1 fully saturated rings. The van der Waals surface area contributed by atoms with Gasteiger partial charge in [0, 0.05) is 26.2 Å². The lowest BCUT2D eigenvalue weighted by molar-refractivity contribution is -0.183. The molecule has 1 rings (SSSR count). The van der Waals surface area contributed by atoms with E-state index in [1.807, 2.05) is 13.8 Å². The number of carbonyl (C=O) groups excluding carboxylic acids is 1. The molecule has 1 aliphatic rings. The number of nitrogens with zero attached hydrogens (tertiary/aromatic N) is 2. The Bertz CT molecular complexity index is 333. The van der Waals surface area contributed by atoms with E-state index in [1.165, 1.54) is 4.90 Å². The average molecular weight is 332 g/mol. The largest absolute Gasteiger partial charge is 0.403 e. The van der Waals surface area contributed by atoms with E-state index in [1.54, 1.807) is 4.90 Å². The highest BCUT2D eigenvalue weighted by molar-refractivity contribution is 5.85. The number of hydrogen-bond acceptors (Lipinski definition) is 3. The Morgan fingerprint density at radius 3 is 2.05 bits per heavy atom. The lowest BCUT2D eigenvalue weighted by atomic mass is 9.98. The molecule has 3 unspecified atom stereocenters. The Morgan fingerprint density at radius 1 is 1.19 bits per heavy atom. The van der Waals surface area contributed by atoms with E-state index in [0.717, 1.165) is 13.3 Å². The molecule has 8 heteroatoms. The number of alkyl halides is 3. The van der Waals surface area contributed by atoms with Crippen LogP contribution in [0, 0.1) is 5.92 Å². The first kappa shape index (κ1) is 20.5. The SMILES string of the molecule is CCC(C)C(N)C(=O)N1CCN(C(C)C(F)(F)F)CC1.Cl. The fraction of sp³-hybridized carbons (Fsp3) is 0.923. The van der Waals surface area contributed by atoms with Gasteiger partial charge >= 0.3 is 6.18 Å². The Labute approximate surface area is 130 Å². The Hall–Kier alpha value is -0.530. The predicted molar refractivity (Wildman–Crippen MR) is 78.3 cm³/mol. The van der Waals surface area contributed by atoms with Gasteiger partial charge in [-0.25, -0.2) is 0 Å². The van der Waals surface area contributed by atoms with E-state index >= 15 is 0 Å². The van der Waals surface area contributed by atoms with E-state index < -0.39 is 18.3 Å². The third kappa shape index (κ3) is 5.30. The van der Waals surface area contributed by atoms with E-state index in [-0.39, 0.29) is 37.3 Å². The molecule has 1 amide bonds. The summed E-state index contributed by atoms with van der Waals surface area (Å²) in [5, 5.41) is 0. The molecule has 0 aromatic heterocycles. The number of halogens is 4. The maximum absolute atomic E-state index is 12.6. The molecule has 1 aliphatic heterocycles. The molecule has 3 atom stereocenters. The molecule has 21 heavy (non-hydrogen) atoms. The van der Waals surface area contributed by atoms with Gasteiger partial charge in [0.15, 0.2) is 0 Å². The highest BCUT2D eigenvalue weighted by Crippen LogP contribution is 2.25. The summed E-state index contributed by atoms with van der Waals surface area (Å²) in [6.45, 7) is 6.11. The topological polar surface area (TPSA) is 49.6 Å². The number of piperazine rings is 1. The molecule has 1 heterocycles. The maximum Gasteiger partial charge on any atom is 0.403 e. The third-order valence-corrected chi connectivity index (χ3v) is 4.19. The van der Waals surface area contributed by atoms with E-state index in [2.05, 4.69) is 0 Å². The van der Waals surface area contributed by atoms with Gasteiger partial charge < -0.3 is 10.6 Å². The molecule has 0 radical (unpaired) electrons. The van der Waals surface area contributed by atoms with Crippen molar-refractivity contribution < 1.29 is 18.0 Å². The van der Waals surface area contributed by atoms with Crippen molar-refractivity contribution in [3.8, 4) is 0 Å². The molecule has 126 valence electrons. The van der Waals surface area contributed by atoms with Crippen LogP contribution in [-0.2, 0) is 4.79 Å². The Kier molecular flexibility index (Phi) is 7.99. The number of carbonyl (C=O) groups is 1. The quantitative estimate of drug-likeness (QED) is 0.855. The predicted octanol–water partition coefficient (Wildman–Crippen LogP) is 1.88. The smallest absolute Gasteiger partial charge is 0.339 e. The van der Waals surface area contributed by atoms with Crippen LogP contribution in [0.15, 0.2) is 0 Å². The maximum atomic E-state index is 12.6. The molecule has 1 saturated heterocycles. The molecule has 2 N–H and O–H groups in total. The van der Waals surface area contributed by atoms with Crippen LogP contribution in [0.5, 0.6) is 0 Å². The van der Waals surface area contributed by atoms with Gasteiger partial charge in [-0.2, -0.15) is 13.2 Å². The highest BCUT2D eigenvalue weighted by Gasteiger charge is 2.41. The zero-order chi connectivity index (χ0) is 15.5. The number of hydrogen-bond donors (Lipinski definition) is 1. The summed E-state index contributed by atoms with van der Waals surface area (Å²) in [7, 11) is 0. The molecular formula is C13H25ClF3N3O. The number of nitrogens with two attached hydrogens (primary N) is 1. The summed E-state index contributed by atoms with van der Waals surface area (Å²) in [5.74, 6) is -0.0757. The normalized spacial score (nSPS) is 21.4. The van der Waals surface area contributed by atoms with Crippen LogP contribution in [0.1, 0.15) is 27.2 Å². The summed E-state index contributed by atoms with van der Waals surface area (Å²) >= 11 is 0. The first-order valence-electron chi connectivity index (χ1n) is 7.03. The van der Waals surface area contributed by atoms with E-state index in [9.17, 15) is 18.0 Å². The van der Waals surface area contributed by atoms with Crippen LogP contribution in [0.2, 0.25) is 0 Å². The van der Waals surface area contributed by atoms with Gasteiger partial charge in [-0.05, 0) is 12.8 Å². The fourth-order valence-corrected chi connectivity index (χ4v) is 2.24. The minimum Gasteiger partial charge on any atom is -0.339 e. The zero-order valence-corrected chi connectivity index (χ0v) is 13.5. The van der Waals surface area contributed by atoms with Gasteiger partial charge in [0.2, 0.25) is 5.91 Å². The highest BCUT2D eigenvalue weighted by atomic mass is 35.5. The summed E-state index contributed by atoms with van der Waals surface area (Å²) in [6, 6.07) is -2.03. The summed E-state index contributed by atoms with van der Waals surface area (Å²) in [5.41, 5.74) is 5.88. The van der Waals surface area contributed by atoms with Crippen molar-refractivity contribution in [2.45, 2.75) is 45.5 Å². The van der Waals surface area contributed by atoms with Crippen molar-refractivity contribution in [1.29, 1.82) is 0 Å². The minimum absolute atomic E-state index is 0. The third-order valence-electron chi connectivity index (χ3n) is 4.19. The monoisotopic (exact) mass is 331 g/mol.